The van der Waals surface area contributed by atoms with Crippen molar-refractivity contribution >= 4 is 29.6 Å². The Morgan fingerprint density at radius 2 is 1.91 bits per heavy atom. The van der Waals surface area contributed by atoms with Gasteiger partial charge in [0.15, 0.2) is 0 Å². The predicted molar refractivity (Wildman–Crippen MR) is 128 cm³/mol. The molecule has 1 aliphatic carbocycles. The van der Waals surface area contributed by atoms with Gasteiger partial charge in [-0.25, -0.2) is 4.79 Å². The molecule has 174 valence electrons. The van der Waals surface area contributed by atoms with Crippen LogP contribution in [0.4, 0.5) is 5.69 Å². The van der Waals surface area contributed by atoms with Crippen molar-refractivity contribution in [3.05, 3.63) is 53.5 Å². The van der Waals surface area contributed by atoms with Crippen molar-refractivity contribution in [3.8, 4) is 0 Å². The number of fused-ring (bicyclic) bond motifs is 1. The second kappa shape index (κ2) is 10.6. The van der Waals surface area contributed by atoms with Crippen LogP contribution in [0.2, 0.25) is 0 Å². The van der Waals surface area contributed by atoms with Crippen molar-refractivity contribution in [3.63, 3.8) is 0 Å². The van der Waals surface area contributed by atoms with E-state index in [1.54, 1.807) is 0 Å². The van der Waals surface area contributed by atoms with Crippen molar-refractivity contribution in [1.82, 2.24) is 4.41 Å². The number of carboxylic acids is 1. The van der Waals surface area contributed by atoms with Gasteiger partial charge < -0.3 is 15.3 Å². The van der Waals surface area contributed by atoms with E-state index in [0.29, 0.717) is 12.8 Å². The summed E-state index contributed by atoms with van der Waals surface area (Å²) in [6.45, 7) is 5.91. The molecule has 1 saturated heterocycles. The maximum Gasteiger partial charge on any atom is 0.367 e. The predicted octanol–water partition coefficient (Wildman–Crippen LogP) is 6.15. The smallest absolute Gasteiger partial charge is 0.367 e. The summed E-state index contributed by atoms with van der Waals surface area (Å²) in [7, 11) is 0. The van der Waals surface area contributed by atoms with E-state index in [2.05, 4.69) is 12.3 Å². The lowest BCUT2D eigenvalue weighted by Gasteiger charge is -2.55. The van der Waals surface area contributed by atoms with Crippen LogP contribution >= 0.6 is 11.9 Å². The number of carboxylic acid groups (broad SMARTS) is 1. The fraction of sp³-hybridized carbons (Fsp3) is 0.520. The quantitative estimate of drug-likeness (QED) is 0.247. The minimum atomic E-state index is -1.87. The molecule has 0 spiro atoms. The van der Waals surface area contributed by atoms with Gasteiger partial charge in [0.05, 0.1) is 5.69 Å². The van der Waals surface area contributed by atoms with Crippen molar-refractivity contribution < 1.29 is 19.4 Å². The number of nitrogens with zero attached hydrogens (tertiary/aromatic N) is 1. The van der Waals surface area contributed by atoms with Crippen molar-refractivity contribution in [2.75, 3.05) is 5.43 Å². The lowest BCUT2D eigenvalue weighted by Crippen LogP contribution is -2.69. The molecule has 0 saturated carbocycles. The topological polar surface area (TPSA) is 78.9 Å². The minimum absolute atomic E-state index is 0.0697. The van der Waals surface area contributed by atoms with E-state index in [1.165, 1.54) is 16.4 Å². The number of unbranched alkanes of at least 4 members (excludes halogenated alkanes) is 4. The average molecular weight is 459 g/mol. The molecule has 2 aliphatic rings. The monoisotopic (exact) mass is 458 g/mol. The number of hydrazine groups is 1. The number of ether oxygens (including phenoxy) is 1. The Kier molecular flexibility index (Phi) is 8.06. The number of hydrogen-bond donors (Lipinski definition) is 2. The third-order valence-electron chi connectivity index (χ3n) is 6.38. The molecule has 7 heteroatoms. The van der Waals surface area contributed by atoms with Crippen molar-refractivity contribution in [2.24, 2.45) is 11.3 Å². The third-order valence-corrected chi connectivity index (χ3v) is 7.54. The van der Waals surface area contributed by atoms with E-state index in [-0.39, 0.29) is 12.3 Å². The van der Waals surface area contributed by atoms with E-state index in [9.17, 15) is 14.7 Å². The Hall–Kier alpha value is -2.25. The van der Waals surface area contributed by atoms with Gasteiger partial charge >= 0.3 is 11.9 Å². The van der Waals surface area contributed by atoms with Gasteiger partial charge in [0, 0.05) is 22.7 Å². The molecule has 0 amide bonds. The lowest BCUT2D eigenvalue weighted by molar-refractivity contribution is -0.221. The second-order valence-electron chi connectivity index (χ2n) is 8.96. The normalized spacial score (nSPS) is 24.3. The molecule has 1 fully saturated rings. The highest BCUT2D eigenvalue weighted by Crippen LogP contribution is 2.58. The molecule has 3 rings (SSSR count). The molecular weight excluding hydrogens is 424 g/mol. The molecule has 1 aliphatic heterocycles. The molecule has 0 aromatic heterocycles. The summed E-state index contributed by atoms with van der Waals surface area (Å²) in [4.78, 5) is 26.9. The highest BCUT2D eigenvalue weighted by atomic mass is 32.2. The Morgan fingerprint density at radius 3 is 2.59 bits per heavy atom. The maximum absolute atomic E-state index is 12.9. The molecule has 2 N–H and O–H groups in total. The molecule has 6 nitrogen and oxygen atoms in total. The Bertz CT molecular complexity index is 868. The summed E-state index contributed by atoms with van der Waals surface area (Å²) in [5.74, 6) is -1.72. The number of hydrogen-bond acceptors (Lipinski definition) is 6. The zero-order valence-electron chi connectivity index (χ0n) is 19.2. The summed E-state index contributed by atoms with van der Waals surface area (Å²) >= 11 is 1.30. The first-order chi connectivity index (χ1) is 15.3. The first-order valence-electron chi connectivity index (χ1n) is 11.4. The van der Waals surface area contributed by atoms with E-state index in [0.717, 1.165) is 36.3 Å². The van der Waals surface area contributed by atoms with Crippen LogP contribution in [-0.4, -0.2) is 27.2 Å². The van der Waals surface area contributed by atoms with E-state index >= 15 is 0 Å². The molecular formula is C25H34N2O4S. The molecule has 2 unspecified atom stereocenters. The molecule has 1 aromatic carbocycles. The Labute approximate surface area is 195 Å². The maximum atomic E-state index is 12.9. The number of allylic oxidation sites excluding steroid dienone is 4. The Morgan fingerprint density at radius 1 is 1.19 bits per heavy atom. The van der Waals surface area contributed by atoms with Gasteiger partial charge in [-0.05, 0) is 36.9 Å². The molecule has 1 heterocycles. The molecule has 1 aromatic rings. The standard InChI is InChI=1S/C25H34N2O4S/c1-4-5-6-7-11-18-22(28)31-25(23(29)30)24(2,3)20-16-12-13-17-21(20)32-27(25)26-19-14-9-8-10-15-19/h8-10,12-15,17,20,26H,4-7,11,16,18H2,1-3H3,(H,29,30). The number of rotatable bonds is 10. The first kappa shape index (κ1) is 24.4. The number of aliphatic carboxylic acids is 1. The zero-order valence-corrected chi connectivity index (χ0v) is 20.0. The SMILES string of the molecule is CCCCCCCC(=O)OC1(C(=O)O)N(Nc2ccccc2)SC2=CC=CCC2C1(C)C. The van der Waals surface area contributed by atoms with Gasteiger partial charge in [-0.3, -0.25) is 4.79 Å². The fourth-order valence-electron chi connectivity index (χ4n) is 4.42. The number of nitrogens with one attached hydrogen (secondary N) is 1. The number of carbonyl (C=O) groups is 2. The fourth-order valence-corrected chi connectivity index (χ4v) is 5.92. The van der Waals surface area contributed by atoms with Gasteiger partial charge in [-0.2, -0.15) is 0 Å². The van der Waals surface area contributed by atoms with Crippen molar-refractivity contribution in [1.29, 1.82) is 0 Å². The summed E-state index contributed by atoms with van der Waals surface area (Å²) in [6, 6.07) is 9.36. The average Bonchev–Trinajstić information content (AvgIpc) is 2.77. The highest BCUT2D eigenvalue weighted by molar-refractivity contribution is 8.01. The van der Waals surface area contributed by atoms with Gasteiger partial charge in [0.25, 0.3) is 5.72 Å². The Balaban J connectivity index is 1.92. The minimum Gasteiger partial charge on any atom is -0.477 e. The first-order valence-corrected chi connectivity index (χ1v) is 12.2. The van der Waals surface area contributed by atoms with E-state index < -0.39 is 23.1 Å². The summed E-state index contributed by atoms with van der Waals surface area (Å²) in [5.41, 5.74) is 1.17. The van der Waals surface area contributed by atoms with Gasteiger partial charge in [0.2, 0.25) is 0 Å². The van der Waals surface area contributed by atoms with Crippen LogP contribution in [-0.2, 0) is 14.3 Å². The number of benzene rings is 1. The number of carbonyl (C=O) groups excluding carboxylic acids is 1. The van der Waals surface area contributed by atoms with Gasteiger partial charge in [-0.1, -0.05) is 82.9 Å². The summed E-state index contributed by atoms with van der Waals surface area (Å²) in [5, 5.41) is 10.5. The van der Waals surface area contributed by atoms with Crippen LogP contribution in [0.25, 0.3) is 0 Å². The second-order valence-corrected chi connectivity index (χ2v) is 9.98. The summed E-state index contributed by atoms with van der Waals surface area (Å²) in [6.07, 6.45) is 11.9. The highest BCUT2D eigenvalue weighted by Gasteiger charge is 2.66. The number of para-hydroxylation sites is 1. The molecule has 0 bridgehead atoms. The molecule has 0 radical (unpaired) electrons. The molecule has 32 heavy (non-hydrogen) atoms. The van der Waals surface area contributed by atoms with Crippen molar-refractivity contribution in [2.45, 2.75) is 71.4 Å². The molecule has 2 atom stereocenters. The van der Waals surface area contributed by atoms with E-state index in [4.69, 9.17) is 4.74 Å². The van der Waals surface area contributed by atoms with Crippen LogP contribution in [0.1, 0.15) is 65.7 Å². The number of esters is 1. The largest absolute Gasteiger partial charge is 0.477 e. The van der Waals surface area contributed by atoms with E-state index in [1.807, 2.05) is 62.4 Å². The third kappa shape index (κ3) is 4.89. The van der Waals surface area contributed by atoms with Crippen LogP contribution in [0.15, 0.2) is 53.5 Å². The van der Waals surface area contributed by atoms with Gasteiger partial charge in [-0.15, -0.1) is 4.41 Å². The summed E-state index contributed by atoms with van der Waals surface area (Å²) < 4.78 is 7.46. The van der Waals surface area contributed by atoms with Crippen LogP contribution in [0.3, 0.4) is 0 Å². The number of anilines is 1. The van der Waals surface area contributed by atoms with Crippen LogP contribution in [0.5, 0.6) is 0 Å². The van der Waals surface area contributed by atoms with Crippen LogP contribution < -0.4 is 5.43 Å². The van der Waals surface area contributed by atoms with Gasteiger partial charge in [0.1, 0.15) is 0 Å². The zero-order chi connectivity index (χ0) is 23.2. The van der Waals surface area contributed by atoms with Crippen LogP contribution in [0, 0.1) is 11.3 Å². The lowest BCUT2D eigenvalue weighted by atomic mass is 9.67.